The van der Waals surface area contributed by atoms with E-state index in [0.717, 1.165) is 50.0 Å². The molecule has 3 nitrogen and oxygen atoms in total. The summed E-state index contributed by atoms with van der Waals surface area (Å²) in [6.45, 7) is 13.6. The molecule has 0 amide bonds. The highest BCUT2D eigenvalue weighted by molar-refractivity contribution is 7.66. The molecule has 0 aliphatic carbocycles. The Hall–Kier alpha value is -0.470. The van der Waals surface area contributed by atoms with Gasteiger partial charge in [-0.25, -0.2) is 0 Å². The van der Waals surface area contributed by atoms with E-state index in [9.17, 15) is 14.7 Å². The van der Waals surface area contributed by atoms with E-state index in [4.69, 9.17) is 0 Å². The van der Waals surface area contributed by atoms with Gasteiger partial charge in [0, 0.05) is 5.56 Å². The van der Waals surface area contributed by atoms with Crippen LogP contribution in [-0.4, -0.2) is 14.7 Å². The van der Waals surface area contributed by atoms with E-state index < -0.39 is 7.94 Å². The summed E-state index contributed by atoms with van der Waals surface area (Å²) < 4.78 is 0. The zero-order valence-electron chi connectivity index (χ0n) is 23.3. The van der Waals surface area contributed by atoms with Crippen molar-refractivity contribution < 1.29 is 14.7 Å². The maximum Gasteiger partial charge on any atom is 0.441 e. The maximum absolute atomic E-state index is 10.4. The Bertz CT molecular complexity index is 666. The van der Waals surface area contributed by atoms with Crippen molar-refractivity contribution in [3.05, 3.63) is 28.8 Å². The summed E-state index contributed by atoms with van der Waals surface area (Å²) in [7, 11) is -4.06. The van der Waals surface area contributed by atoms with Gasteiger partial charge in [0.05, 0.1) is 0 Å². The predicted molar refractivity (Wildman–Crippen MR) is 151 cm³/mol. The summed E-state index contributed by atoms with van der Waals surface area (Å²) in [5.74, 6) is 1.99. The SMILES string of the molecule is CCCCC(CC)Cc1ccc([P+](O)(O)O)c(CCCCCC(C)C)c1CC(CC)CCCC. The van der Waals surface area contributed by atoms with Crippen LogP contribution in [0, 0.1) is 17.8 Å². The van der Waals surface area contributed by atoms with Crippen LogP contribution >= 0.6 is 7.94 Å². The van der Waals surface area contributed by atoms with E-state index in [-0.39, 0.29) is 0 Å². The van der Waals surface area contributed by atoms with Gasteiger partial charge >= 0.3 is 7.94 Å². The second-order valence-electron chi connectivity index (χ2n) is 11.0. The summed E-state index contributed by atoms with van der Waals surface area (Å²) in [5.41, 5.74) is 3.75. The Morgan fingerprint density at radius 3 is 1.76 bits per heavy atom. The Labute approximate surface area is 212 Å². The quantitative estimate of drug-likeness (QED) is 0.133. The van der Waals surface area contributed by atoms with E-state index >= 15 is 0 Å². The highest BCUT2D eigenvalue weighted by atomic mass is 31.2. The first-order chi connectivity index (χ1) is 16.2. The lowest BCUT2D eigenvalue weighted by molar-refractivity contribution is 0.346. The van der Waals surface area contributed by atoms with Crippen molar-refractivity contribution in [1.29, 1.82) is 0 Å². The molecule has 0 fully saturated rings. The van der Waals surface area contributed by atoms with Crippen LogP contribution in [0.2, 0.25) is 0 Å². The first kappa shape index (κ1) is 31.6. The molecule has 2 unspecified atom stereocenters. The molecule has 1 aromatic carbocycles. The van der Waals surface area contributed by atoms with Gasteiger partial charge < -0.3 is 0 Å². The summed E-state index contributed by atoms with van der Waals surface area (Å²) in [5, 5.41) is 0.405. The molecule has 1 rings (SSSR count). The third kappa shape index (κ3) is 11.5. The molecule has 0 saturated carbocycles. The topological polar surface area (TPSA) is 60.7 Å². The van der Waals surface area contributed by atoms with Crippen LogP contribution in [0.15, 0.2) is 12.1 Å². The average Bonchev–Trinajstić information content (AvgIpc) is 2.79. The lowest BCUT2D eigenvalue weighted by Gasteiger charge is -2.24. The Morgan fingerprint density at radius 2 is 1.26 bits per heavy atom. The fraction of sp³-hybridized carbons (Fsp3) is 0.800. The number of rotatable bonds is 19. The molecule has 34 heavy (non-hydrogen) atoms. The van der Waals surface area contributed by atoms with Gasteiger partial charge in [-0.1, -0.05) is 118 Å². The molecule has 0 bridgehead atoms. The van der Waals surface area contributed by atoms with E-state index in [1.165, 1.54) is 68.9 Å². The van der Waals surface area contributed by atoms with Crippen LogP contribution in [0.25, 0.3) is 0 Å². The largest absolute Gasteiger partial charge is 0.441 e. The lowest BCUT2D eigenvalue weighted by Crippen LogP contribution is -2.22. The molecule has 0 aliphatic heterocycles. The molecule has 0 saturated heterocycles. The van der Waals surface area contributed by atoms with Crippen molar-refractivity contribution in [2.24, 2.45) is 17.8 Å². The van der Waals surface area contributed by atoms with Gasteiger partial charge in [-0.3, -0.25) is 0 Å². The van der Waals surface area contributed by atoms with Gasteiger partial charge in [-0.15, -0.1) is 0 Å². The van der Waals surface area contributed by atoms with Gasteiger partial charge in [0.15, 0.2) is 5.30 Å². The van der Waals surface area contributed by atoms with Crippen LogP contribution in [0.4, 0.5) is 0 Å². The van der Waals surface area contributed by atoms with Crippen LogP contribution < -0.4 is 5.30 Å². The molecular formula is C30H56O3P+. The molecule has 0 spiro atoms. The summed E-state index contributed by atoms with van der Waals surface area (Å²) in [6, 6.07) is 3.93. The summed E-state index contributed by atoms with van der Waals surface area (Å²) in [4.78, 5) is 31.1. The standard InChI is InChI=1S/C30H56O3P/c1-7-11-17-25(9-3)22-27-20-21-30(34(31,32)33)28(19-15-13-14-16-24(5)6)29(27)23-26(10-4)18-12-8-2/h20-21,24-26,31-33H,7-19,22-23H2,1-6H3/q+1. The van der Waals surface area contributed by atoms with Crippen LogP contribution in [-0.2, 0) is 19.3 Å². The number of hydrogen-bond donors (Lipinski definition) is 3. The van der Waals surface area contributed by atoms with E-state index in [1.807, 2.05) is 6.07 Å². The Balaban J connectivity index is 3.36. The lowest BCUT2D eigenvalue weighted by atomic mass is 9.82. The van der Waals surface area contributed by atoms with Crippen LogP contribution in [0.3, 0.4) is 0 Å². The normalized spacial score (nSPS) is 14.1. The van der Waals surface area contributed by atoms with Gasteiger partial charge in [0.2, 0.25) is 0 Å². The zero-order chi connectivity index (χ0) is 25.6. The van der Waals surface area contributed by atoms with E-state index in [0.29, 0.717) is 17.1 Å². The highest BCUT2D eigenvalue weighted by Crippen LogP contribution is 2.45. The maximum atomic E-state index is 10.4. The molecule has 1 aromatic rings. The van der Waals surface area contributed by atoms with Crippen molar-refractivity contribution in [3.63, 3.8) is 0 Å². The molecule has 0 radical (unpaired) electrons. The van der Waals surface area contributed by atoms with Crippen LogP contribution in [0.5, 0.6) is 0 Å². The predicted octanol–water partition coefficient (Wildman–Crippen LogP) is 8.33. The van der Waals surface area contributed by atoms with Crippen LogP contribution in [0.1, 0.15) is 135 Å². The fourth-order valence-electron chi connectivity index (χ4n) is 5.25. The van der Waals surface area contributed by atoms with Gasteiger partial charge in [0.25, 0.3) is 0 Å². The molecule has 0 heterocycles. The van der Waals surface area contributed by atoms with E-state index in [1.54, 1.807) is 0 Å². The van der Waals surface area contributed by atoms with Crippen molar-refractivity contribution in [2.45, 2.75) is 138 Å². The van der Waals surface area contributed by atoms with Crippen molar-refractivity contribution in [3.8, 4) is 0 Å². The first-order valence-corrected chi connectivity index (χ1v) is 16.0. The van der Waals surface area contributed by atoms with Gasteiger partial charge in [0.1, 0.15) is 0 Å². The third-order valence-corrected chi connectivity index (χ3v) is 8.69. The van der Waals surface area contributed by atoms with Gasteiger partial charge in [-0.05, 0) is 60.6 Å². The van der Waals surface area contributed by atoms with Crippen molar-refractivity contribution >= 4 is 13.2 Å². The monoisotopic (exact) mass is 495 g/mol. The second kappa shape index (κ2) is 17.1. The van der Waals surface area contributed by atoms with E-state index in [2.05, 4.69) is 47.6 Å². The third-order valence-electron chi connectivity index (χ3n) is 7.62. The zero-order valence-corrected chi connectivity index (χ0v) is 24.2. The van der Waals surface area contributed by atoms with Gasteiger partial charge in [-0.2, -0.15) is 14.7 Å². The molecule has 4 heteroatoms. The fourth-order valence-corrected chi connectivity index (χ4v) is 6.14. The molecule has 3 N–H and O–H groups in total. The molecule has 198 valence electrons. The highest BCUT2D eigenvalue weighted by Gasteiger charge is 2.38. The average molecular weight is 496 g/mol. The minimum absolute atomic E-state index is 0.405. The number of benzene rings is 1. The minimum Gasteiger partial charge on any atom is -0.189 e. The minimum atomic E-state index is -4.06. The summed E-state index contributed by atoms with van der Waals surface area (Å²) in [6.07, 6.45) is 17.2. The number of unbranched alkanes of at least 4 members (excludes halogenated alkanes) is 4. The Morgan fingerprint density at radius 1 is 0.676 bits per heavy atom. The molecule has 0 aromatic heterocycles. The molecule has 0 aliphatic rings. The van der Waals surface area contributed by atoms with Crippen molar-refractivity contribution in [1.82, 2.24) is 0 Å². The smallest absolute Gasteiger partial charge is 0.189 e. The Kier molecular flexibility index (Phi) is 15.8. The second-order valence-corrected chi connectivity index (χ2v) is 12.6. The molecular weight excluding hydrogens is 439 g/mol. The molecule has 2 atom stereocenters. The number of hydrogen-bond acceptors (Lipinski definition) is 3. The first-order valence-electron chi connectivity index (χ1n) is 14.4. The van der Waals surface area contributed by atoms with Crippen molar-refractivity contribution in [2.75, 3.05) is 0 Å². The summed E-state index contributed by atoms with van der Waals surface area (Å²) >= 11 is 0.